The van der Waals surface area contributed by atoms with Crippen molar-refractivity contribution in [2.24, 2.45) is 11.8 Å². The Morgan fingerprint density at radius 2 is 0.535 bits per heavy atom. The van der Waals surface area contributed by atoms with Crippen LogP contribution in [0.1, 0.15) is 337 Å². The summed E-state index contributed by atoms with van der Waals surface area (Å²) in [6.45, 7) is 9.50. The first-order valence-electron chi connectivity index (χ1n) is 35.0. The predicted octanol–water partition coefficient (Wildman–Crippen LogP) is 18.8. The Balaban J connectivity index is 5.22. The molecule has 2 unspecified atom stereocenters. The molecule has 510 valence electrons. The smallest absolute Gasteiger partial charge is 0.462 e. The van der Waals surface area contributed by atoms with Gasteiger partial charge in [0.05, 0.1) is 26.4 Å². The maximum absolute atomic E-state index is 13.0. The van der Waals surface area contributed by atoms with Gasteiger partial charge < -0.3 is 33.8 Å². The van der Waals surface area contributed by atoms with Crippen molar-refractivity contribution in [3.63, 3.8) is 0 Å². The van der Waals surface area contributed by atoms with E-state index in [9.17, 15) is 43.2 Å². The van der Waals surface area contributed by atoms with Gasteiger partial charge in [0, 0.05) is 25.7 Å². The first kappa shape index (κ1) is 84.1. The van der Waals surface area contributed by atoms with Crippen LogP contribution in [0.2, 0.25) is 0 Å². The van der Waals surface area contributed by atoms with Gasteiger partial charge in [-0.25, -0.2) is 9.13 Å². The number of unbranched alkanes of at least 4 members (excludes halogenated alkanes) is 36. The molecule has 3 N–H and O–H groups in total. The molecule has 0 fully saturated rings. The van der Waals surface area contributed by atoms with Crippen LogP contribution in [0.3, 0.4) is 0 Å². The molecule has 0 saturated heterocycles. The zero-order valence-electron chi connectivity index (χ0n) is 55.6. The number of rotatable bonds is 66. The molecule has 0 aliphatic carbocycles. The van der Waals surface area contributed by atoms with Crippen molar-refractivity contribution >= 4 is 39.5 Å². The molecule has 86 heavy (non-hydrogen) atoms. The Morgan fingerprint density at radius 3 is 0.791 bits per heavy atom. The first-order chi connectivity index (χ1) is 41.4. The van der Waals surface area contributed by atoms with Crippen molar-refractivity contribution in [1.29, 1.82) is 0 Å². The summed E-state index contributed by atoms with van der Waals surface area (Å²) in [6.07, 6.45) is 43.0. The van der Waals surface area contributed by atoms with Crippen molar-refractivity contribution in [1.82, 2.24) is 0 Å². The number of hydrogen-bond acceptors (Lipinski definition) is 15. The van der Waals surface area contributed by atoms with Crippen LogP contribution in [0.4, 0.5) is 0 Å². The summed E-state index contributed by atoms with van der Waals surface area (Å²) < 4.78 is 68.1. The van der Waals surface area contributed by atoms with E-state index in [0.29, 0.717) is 25.7 Å². The Labute approximate surface area is 524 Å². The van der Waals surface area contributed by atoms with Gasteiger partial charge in [-0.1, -0.05) is 286 Å². The zero-order valence-corrected chi connectivity index (χ0v) is 57.4. The molecule has 19 heteroatoms. The summed E-state index contributed by atoms with van der Waals surface area (Å²) in [6, 6.07) is 0. The van der Waals surface area contributed by atoms with Crippen LogP contribution in [0.25, 0.3) is 0 Å². The van der Waals surface area contributed by atoms with E-state index in [-0.39, 0.29) is 25.7 Å². The molecule has 0 heterocycles. The molecule has 0 aromatic heterocycles. The monoisotopic (exact) mass is 1270 g/mol. The second kappa shape index (κ2) is 59.4. The highest BCUT2D eigenvalue weighted by molar-refractivity contribution is 7.47. The van der Waals surface area contributed by atoms with E-state index >= 15 is 0 Å². The van der Waals surface area contributed by atoms with E-state index in [1.807, 2.05) is 0 Å². The quantitative estimate of drug-likeness (QED) is 0.0222. The SMILES string of the molecule is CCCCCCCCCCCC(=O)OC[C@H](COP(=O)(O)OC[C@H](O)COP(=O)(O)OC[C@@H](COC(=O)CCCCCCCCCCCCCC(C)C)OC(=O)CCCCCCCCCCCCCC(C)C)OC(=O)CCCCCCCCCCC. The average molecular weight is 1270 g/mol. The molecule has 17 nitrogen and oxygen atoms in total. The van der Waals surface area contributed by atoms with E-state index in [1.54, 1.807) is 0 Å². The van der Waals surface area contributed by atoms with Crippen molar-refractivity contribution in [2.75, 3.05) is 39.6 Å². The summed E-state index contributed by atoms with van der Waals surface area (Å²) in [7, 11) is -9.89. The van der Waals surface area contributed by atoms with Gasteiger partial charge in [-0.3, -0.25) is 37.3 Å². The summed E-state index contributed by atoms with van der Waals surface area (Å²) >= 11 is 0. The number of ether oxygens (including phenoxy) is 4. The van der Waals surface area contributed by atoms with Crippen LogP contribution in [0.5, 0.6) is 0 Å². The third-order valence-electron chi connectivity index (χ3n) is 15.5. The number of phosphoric ester groups is 2. The van der Waals surface area contributed by atoms with E-state index in [1.165, 1.54) is 154 Å². The van der Waals surface area contributed by atoms with Gasteiger partial charge in [0.1, 0.15) is 19.3 Å². The summed E-state index contributed by atoms with van der Waals surface area (Å²) in [5.74, 6) is -0.594. The fourth-order valence-corrected chi connectivity index (χ4v) is 11.6. The lowest BCUT2D eigenvalue weighted by Crippen LogP contribution is -2.30. The number of hydrogen-bond donors (Lipinski definition) is 3. The lowest BCUT2D eigenvalue weighted by molar-refractivity contribution is -0.161. The summed E-state index contributed by atoms with van der Waals surface area (Å²) in [4.78, 5) is 72.3. The number of phosphoric acid groups is 2. The lowest BCUT2D eigenvalue weighted by Gasteiger charge is -2.21. The number of carbonyl (C=O) groups is 4. The predicted molar refractivity (Wildman–Crippen MR) is 345 cm³/mol. The van der Waals surface area contributed by atoms with Gasteiger partial charge in [0.2, 0.25) is 0 Å². The molecule has 0 amide bonds. The van der Waals surface area contributed by atoms with Crippen LogP contribution in [-0.4, -0.2) is 96.7 Å². The lowest BCUT2D eigenvalue weighted by atomic mass is 10.0. The van der Waals surface area contributed by atoms with E-state index in [4.69, 9.17) is 37.0 Å². The Kier molecular flexibility index (Phi) is 58.0. The van der Waals surface area contributed by atoms with Gasteiger partial charge in [0.25, 0.3) is 0 Å². The Morgan fingerprint density at radius 1 is 0.314 bits per heavy atom. The van der Waals surface area contributed by atoms with Gasteiger partial charge in [-0.15, -0.1) is 0 Å². The molecule has 0 aromatic rings. The van der Waals surface area contributed by atoms with Crippen LogP contribution in [-0.2, 0) is 65.4 Å². The molecule has 0 bridgehead atoms. The molecule has 0 radical (unpaired) electrons. The van der Waals surface area contributed by atoms with Crippen molar-refractivity contribution in [3.8, 4) is 0 Å². The third kappa shape index (κ3) is 60.9. The second-order valence-electron chi connectivity index (χ2n) is 25.2. The molecule has 0 saturated carbocycles. The molecule has 0 aliphatic heterocycles. The summed E-state index contributed by atoms with van der Waals surface area (Å²) in [5.41, 5.74) is 0. The molecule has 0 aromatic carbocycles. The van der Waals surface area contributed by atoms with Crippen LogP contribution in [0, 0.1) is 11.8 Å². The van der Waals surface area contributed by atoms with E-state index in [0.717, 1.165) is 102 Å². The fourth-order valence-electron chi connectivity index (χ4n) is 10.1. The molecule has 0 aliphatic rings. The molecular weight excluding hydrogens is 1140 g/mol. The Hall–Kier alpha value is -1.94. The van der Waals surface area contributed by atoms with Crippen molar-refractivity contribution in [3.05, 3.63) is 0 Å². The average Bonchev–Trinajstić information content (AvgIpc) is 3.68. The zero-order chi connectivity index (χ0) is 63.6. The minimum absolute atomic E-state index is 0.106. The normalized spacial score (nSPS) is 14.2. The van der Waals surface area contributed by atoms with Gasteiger partial charge in [-0.05, 0) is 37.5 Å². The van der Waals surface area contributed by atoms with Crippen LogP contribution >= 0.6 is 15.6 Å². The van der Waals surface area contributed by atoms with Crippen molar-refractivity contribution < 1.29 is 80.2 Å². The van der Waals surface area contributed by atoms with Gasteiger partial charge in [0.15, 0.2) is 12.2 Å². The standard InChI is InChI=1S/C67H130O17P2/c1-7-9-11-13-15-23-31-37-43-49-64(69)77-55-62(83-66(71)51-45-39-33-24-16-14-12-10-8-2)57-81-85(73,74)79-53-61(68)54-80-86(75,76)82-58-63(84-67(72)52-46-40-34-28-22-18-20-26-30-36-42-48-60(5)6)56-78-65(70)50-44-38-32-27-21-17-19-25-29-35-41-47-59(3)4/h59-63,68H,7-58H2,1-6H3,(H,73,74)(H,75,76)/t61-,62+,63+/m0/s1. The fraction of sp³-hybridized carbons (Fsp3) is 0.940. The number of carbonyl (C=O) groups excluding carboxylic acids is 4. The van der Waals surface area contributed by atoms with Crippen LogP contribution in [0.15, 0.2) is 0 Å². The van der Waals surface area contributed by atoms with Gasteiger partial charge in [-0.2, -0.15) is 0 Å². The highest BCUT2D eigenvalue weighted by atomic mass is 31.2. The Bertz CT molecular complexity index is 1680. The van der Waals surface area contributed by atoms with E-state index < -0.39 is 97.5 Å². The maximum atomic E-state index is 13.0. The van der Waals surface area contributed by atoms with E-state index in [2.05, 4.69) is 41.5 Å². The number of esters is 4. The molecule has 0 rings (SSSR count). The number of aliphatic hydroxyl groups excluding tert-OH is 1. The maximum Gasteiger partial charge on any atom is 0.472 e. The van der Waals surface area contributed by atoms with Crippen LogP contribution < -0.4 is 0 Å². The molecular formula is C67H130O17P2. The minimum atomic E-state index is -4.95. The topological polar surface area (TPSA) is 237 Å². The second-order valence-corrected chi connectivity index (χ2v) is 28.1. The molecule has 5 atom stereocenters. The minimum Gasteiger partial charge on any atom is -0.462 e. The van der Waals surface area contributed by atoms with Gasteiger partial charge >= 0.3 is 39.5 Å². The van der Waals surface area contributed by atoms with Crippen molar-refractivity contribution in [2.45, 2.75) is 355 Å². The summed E-state index contributed by atoms with van der Waals surface area (Å²) in [5, 5.41) is 10.6. The molecule has 0 spiro atoms. The largest absolute Gasteiger partial charge is 0.472 e. The highest BCUT2D eigenvalue weighted by Crippen LogP contribution is 2.45. The highest BCUT2D eigenvalue weighted by Gasteiger charge is 2.30. The number of aliphatic hydroxyl groups is 1. The first-order valence-corrected chi connectivity index (χ1v) is 38.0. The third-order valence-corrected chi connectivity index (χ3v) is 17.4.